The minimum absolute atomic E-state index is 0. The van der Waals surface area contributed by atoms with Gasteiger partial charge in [0, 0.05) is 0 Å². The molecule has 0 aromatic heterocycles. The topological polar surface area (TPSA) is 26.0 Å². The summed E-state index contributed by atoms with van der Waals surface area (Å²) >= 11 is 0. The third-order valence-electron chi connectivity index (χ3n) is 0.558. The minimum atomic E-state index is 0. The number of hydrogen-bond donors (Lipinski definition) is 1. The maximum atomic E-state index is 5.14. The molecule has 6 heavy (non-hydrogen) atoms. The van der Waals surface area contributed by atoms with Crippen LogP contribution in [0.5, 0.6) is 0 Å². The van der Waals surface area contributed by atoms with Gasteiger partial charge in [-0.1, -0.05) is 13.3 Å². The van der Waals surface area contributed by atoms with Crippen molar-refractivity contribution in [1.29, 1.82) is 0 Å². The van der Waals surface area contributed by atoms with E-state index in [-0.39, 0.29) is 40.6 Å². The van der Waals surface area contributed by atoms with Gasteiger partial charge < -0.3 is 8.59 Å². The average Bonchev–Trinajstić information content (AvgIpc) is 1.41. The molecular formula is C4H13CaN. The molecule has 0 bridgehead atoms. The molecule has 0 spiro atoms. The quantitative estimate of drug-likeness (QED) is 0.524. The second-order valence-corrected chi connectivity index (χ2v) is 1.14. The molecule has 0 amide bonds. The molecule has 0 aromatic rings. The Hall–Kier alpha value is 1.22. The summed E-state index contributed by atoms with van der Waals surface area (Å²) in [6, 6.07) is 0. The first-order chi connectivity index (χ1) is 2.41. The molecule has 0 atom stereocenters. The summed E-state index contributed by atoms with van der Waals surface area (Å²) in [5, 5.41) is 0. The Balaban J connectivity index is -0.0000000267. The van der Waals surface area contributed by atoms with E-state index >= 15 is 0 Å². The monoisotopic (exact) mass is 115 g/mol. The normalized spacial score (nSPS) is 7.00. The van der Waals surface area contributed by atoms with Crippen LogP contribution in [0.1, 0.15) is 22.6 Å². The zero-order valence-corrected chi connectivity index (χ0v) is 6.61. The predicted molar refractivity (Wildman–Crippen MR) is 31.9 cm³/mol. The molecule has 0 rings (SSSR count). The van der Waals surface area contributed by atoms with E-state index in [4.69, 9.17) is 5.73 Å². The first-order valence-electron chi connectivity index (χ1n) is 2.12. The fraction of sp³-hybridized carbons (Fsp3) is 1.00. The third kappa shape index (κ3) is 8.97. The van der Waals surface area contributed by atoms with Gasteiger partial charge >= 0.3 is 37.7 Å². The molecule has 1 nitrogen and oxygen atoms in total. The molecule has 0 aliphatic carbocycles. The van der Waals surface area contributed by atoms with Gasteiger partial charge in [-0.15, -0.1) is 0 Å². The van der Waals surface area contributed by atoms with Crippen LogP contribution in [0.15, 0.2) is 0 Å². The number of hydrogen-bond acceptors (Lipinski definition) is 1. The summed E-state index contributed by atoms with van der Waals surface area (Å²) < 4.78 is 0. The van der Waals surface area contributed by atoms with Gasteiger partial charge in [0.25, 0.3) is 0 Å². The maximum absolute atomic E-state index is 5.14. The maximum Gasteiger partial charge on any atom is 2.00 e. The van der Waals surface area contributed by atoms with Crippen molar-refractivity contribution in [2.45, 2.75) is 19.8 Å². The second kappa shape index (κ2) is 9.52. The SMILES string of the molecule is CCCCN.[Ca+2].[H-].[H-]. The molecule has 2 N–H and O–H groups in total. The number of nitrogens with two attached hydrogens (primary N) is 1. The van der Waals surface area contributed by atoms with E-state index in [1.807, 2.05) is 0 Å². The van der Waals surface area contributed by atoms with Gasteiger partial charge in [0.1, 0.15) is 0 Å². The molecule has 0 saturated heterocycles. The van der Waals surface area contributed by atoms with Gasteiger partial charge in [0.15, 0.2) is 0 Å². The molecule has 0 aliphatic rings. The Morgan fingerprint density at radius 2 is 2.17 bits per heavy atom. The Morgan fingerprint density at radius 1 is 1.67 bits per heavy atom. The minimum Gasteiger partial charge on any atom is -1.00 e. The standard InChI is InChI=1S/C4H11N.Ca.2H/c1-2-3-4-5;;;/h2-5H2,1H3;;;/q;+2;2*-1. The third-order valence-corrected chi connectivity index (χ3v) is 0.558. The second-order valence-electron chi connectivity index (χ2n) is 1.14. The molecular weight excluding hydrogens is 102 g/mol. The largest absolute Gasteiger partial charge is 2.00 e. The molecule has 36 valence electrons. The van der Waals surface area contributed by atoms with Gasteiger partial charge in [-0.25, -0.2) is 0 Å². The summed E-state index contributed by atoms with van der Waals surface area (Å²) in [4.78, 5) is 0. The molecule has 0 heterocycles. The van der Waals surface area contributed by atoms with Crippen molar-refractivity contribution >= 4 is 37.7 Å². The van der Waals surface area contributed by atoms with E-state index in [1.165, 1.54) is 12.8 Å². The summed E-state index contributed by atoms with van der Waals surface area (Å²) in [5.41, 5.74) is 5.14. The first kappa shape index (κ1) is 10.3. The summed E-state index contributed by atoms with van der Waals surface area (Å²) in [6.07, 6.45) is 2.39. The zero-order chi connectivity index (χ0) is 4.12. The summed E-state index contributed by atoms with van der Waals surface area (Å²) in [6.45, 7) is 2.98. The van der Waals surface area contributed by atoms with E-state index in [0.29, 0.717) is 0 Å². The van der Waals surface area contributed by atoms with Crippen molar-refractivity contribution in [1.82, 2.24) is 0 Å². The van der Waals surface area contributed by atoms with E-state index in [0.717, 1.165) is 6.54 Å². The van der Waals surface area contributed by atoms with Crippen molar-refractivity contribution in [3.8, 4) is 0 Å². The van der Waals surface area contributed by atoms with Gasteiger partial charge in [-0.05, 0) is 13.0 Å². The van der Waals surface area contributed by atoms with Crippen molar-refractivity contribution in [3.05, 3.63) is 0 Å². The van der Waals surface area contributed by atoms with Crippen molar-refractivity contribution in [3.63, 3.8) is 0 Å². The first-order valence-corrected chi connectivity index (χ1v) is 2.12. The van der Waals surface area contributed by atoms with Crippen LogP contribution in [0.2, 0.25) is 0 Å². The fourth-order valence-corrected chi connectivity index (χ4v) is 0.204. The average molecular weight is 115 g/mol. The van der Waals surface area contributed by atoms with E-state index in [1.54, 1.807) is 0 Å². The number of rotatable bonds is 2. The molecule has 0 radical (unpaired) electrons. The van der Waals surface area contributed by atoms with E-state index in [9.17, 15) is 0 Å². The summed E-state index contributed by atoms with van der Waals surface area (Å²) in [5.74, 6) is 0. The molecule has 0 aliphatic heterocycles. The van der Waals surface area contributed by atoms with Crippen LogP contribution < -0.4 is 5.73 Å². The van der Waals surface area contributed by atoms with Crippen LogP contribution in [0.4, 0.5) is 0 Å². The molecule has 2 heteroatoms. The zero-order valence-electron chi connectivity index (χ0n) is 6.41. The van der Waals surface area contributed by atoms with Gasteiger partial charge in [0.2, 0.25) is 0 Å². The van der Waals surface area contributed by atoms with Gasteiger partial charge in [-0.3, -0.25) is 0 Å². The van der Waals surface area contributed by atoms with Crippen LogP contribution >= 0.6 is 0 Å². The number of unbranched alkanes of at least 4 members (excludes halogenated alkanes) is 1. The molecule has 0 aromatic carbocycles. The predicted octanol–water partition coefficient (Wildman–Crippen LogP) is 0.589. The molecule has 0 saturated carbocycles. The van der Waals surface area contributed by atoms with Crippen molar-refractivity contribution in [2.24, 2.45) is 5.73 Å². The van der Waals surface area contributed by atoms with Crippen molar-refractivity contribution in [2.75, 3.05) is 6.54 Å². The Labute approximate surface area is 72.3 Å². The van der Waals surface area contributed by atoms with E-state index < -0.39 is 0 Å². The molecule has 0 fully saturated rings. The Kier molecular flexibility index (Phi) is 16.3. The van der Waals surface area contributed by atoms with Crippen LogP contribution in [0.3, 0.4) is 0 Å². The molecule has 0 unspecified atom stereocenters. The van der Waals surface area contributed by atoms with Crippen molar-refractivity contribution < 1.29 is 2.85 Å². The van der Waals surface area contributed by atoms with Crippen LogP contribution in [0, 0.1) is 0 Å². The van der Waals surface area contributed by atoms with Crippen LogP contribution in [-0.2, 0) is 0 Å². The Morgan fingerprint density at radius 3 is 2.17 bits per heavy atom. The summed E-state index contributed by atoms with van der Waals surface area (Å²) in [7, 11) is 0. The van der Waals surface area contributed by atoms with Crippen LogP contribution in [0.25, 0.3) is 0 Å². The van der Waals surface area contributed by atoms with Gasteiger partial charge in [0.05, 0.1) is 0 Å². The van der Waals surface area contributed by atoms with E-state index in [2.05, 4.69) is 6.92 Å². The smallest absolute Gasteiger partial charge is 1.00 e. The fourth-order valence-electron chi connectivity index (χ4n) is 0.204. The van der Waals surface area contributed by atoms with Crippen LogP contribution in [-0.4, -0.2) is 44.3 Å². The Bertz CT molecular complexity index is 21.5. The van der Waals surface area contributed by atoms with Gasteiger partial charge in [-0.2, -0.15) is 0 Å².